The maximum absolute atomic E-state index is 11.4. The van der Waals surface area contributed by atoms with Crippen molar-refractivity contribution in [3.63, 3.8) is 0 Å². The first-order valence-electron chi connectivity index (χ1n) is 9.54. The molecule has 2 N–H and O–H groups in total. The fourth-order valence-electron chi connectivity index (χ4n) is 4.06. The maximum Gasteiger partial charge on any atom is 0.126 e. The molecule has 0 saturated heterocycles. The van der Waals surface area contributed by atoms with E-state index in [-0.39, 0.29) is 11.5 Å². The Labute approximate surface area is 152 Å². The van der Waals surface area contributed by atoms with E-state index in [2.05, 4.69) is 41.3 Å². The third kappa shape index (κ3) is 4.50. The molecule has 0 amide bonds. The van der Waals surface area contributed by atoms with E-state index in [4.69, 9.17) is 0 Å². The van der Waals surface area contributed by atoms with Gasteiger partial charge in [-0.05, 0) is 64.2 Å². The Kier molecular flexibility index (Phi) is 6.42. The maximum atomic E-state index is 11.4. The SMILES string of the molecule is C=C(NCC12CCC(C=O)(CC1)CC2)C(=NC)C(C)N/N=C(/C)CC. The Hall–Kier alpha value is -1.65. The molecule has 3 rings (SSSR count). The number of aliphatic imine (C=N–C) groups is 1. The lowest BCUT2D eigenvalue weighted by Crippen LogP contribution is -2.48. The molecule has 3 aliphatic rings. The molecule has 0 aromatic heterocycles. The zero-order valence-electron chi connectivity index (χ0n) is 16.3. The number of aldehydes is 1. The monoisotopic (exact) mass is 346 g/mol. The van der Waals surface area contributed by atoms with Crippen LogP contribution in [0.15, 0.2) is 22.4 Å². The van der Waals surface area contributed by atoms with Crippen molar-refractivity contribution in [3.05, 3.63) is 12.3 Å². The normalized spacial score (nSPS) is 30.7. The molecule has 0 heterocycles. The molecule has 3 aliphatic carbocycles. The molecule has 5 nitrogen and oxygen atoms in total. The molecular formula is C20H34N4O. The predicted octanol–water partition coefficient (Wildman–Crippen LogP) is 3.46. The minimum absolute atomic E-state index is 0.0115. The highest BCUT2D eigenvalue weighted by atomic mass is 16.1. The molecule has 0 aromatic carbocycles. The number of hydrazone groups is 1. The van der Waals surface area contributed by atoms with Crippen molar-refractivity contribution in [3.8, 4) is 0 Å². The third-order valence-corrected chi connectivity index (χ3v) is 6.31. The van der Waals surface area contributed by atoms with Crippen molar-refractivity contribution in [2.45, 2.75) is 71.8 Å². The van der Waals surface area contributed by atoms with Crippen molar-refractivity contribution in [2.24, 2.45) is 20.9 Å². The Morgan fingerprint density at radius 2 is 1.84 bits per heavy atom. The van der Waals surface area contributed by atoms with E-state index < -0.39 is 0 Å². The number of nitrogens with one attached hydrogen (secondary N) is 2. The zero-order valence-corrected chi connectivity index (χ0v) is 16.3. The summed E-state index contributed by atoms with van der Waals surface area (Å²) in [5.41, 5.74) is 6.33. The van der Waals surface area contributed by atoms with Gasteiger partial charge >= 0.3 is 0 Å². The average molecular weight is 347 g/mol. The van der Waals surface area contributed by atoms with Crippen LogP contribution in [-0.4, -0.2) is 37.3 Å². The minimum atomic E-state index is -0.0115. The van der Waals surface area contributed by atoms with Gasteiger partial charge < -0.3 is 15.5 Å². The van der Waals surface area contributed by atoms with Gasteiger partial charge in [0.1, 0.15) is 6.29 Å². The number of fused-ring (bicyclic) bond motifs is 3. The second kappa shape index (κ2) is 8.15. The quantitative estimate of drug-likeness (QED) is 0.382. The fourth-order valence-corrected chi connectivity index (χ4v) is 4.06. The summed E-state index contributed by atoms with van der Waals surface area (Å²) in [4.78, 5) is 15.8. The molecule has 140 valence electrons. The first-order chi connectivity index (χ1) is 11.9. The van der Waals surface area contributed by atoms with Crippen LogP contribution < -0.4 is 10.7 Å². The summed E-state index contributed by atoms with van der Waals surface area (Å²) in [6.45, 7) is 11.3. The van der Waals surface area contributed by atoms with Crippen molar-refractivity contribution in [1.29, 1.82) is 0 Å². The van der Waals surface area contributed by atoms with E-state index >= 15 is 0 Å². The lowest BCUT2D eigenvalue weighted by atomic mass is 9.54. The Bertz CT molecular complexity index is 540. The van der Waals surface area contributed by atoms with Gasteiger partial charge in [-0.1, -0.05) is 13.5 Å². The first-order valence-corrected chi connectivity index (χ1v) is 9.54. The van der Waals surface area contributed by atoms with Crippen LogP contribution in [0, 0.1) is 10.8 Å². The molecule has 0 spiro atoms. The second-order valence-corrected chi connectivity index (χ2v) is 7.97. The zero-order chi connectivity index (χ0) is 18.5. The van der Waals surface area contributed by atoms with Gasteiger partial charge in [0.25, 0.3) is 0 Å². The average Bonchev–Trinajstić information content (AvgIpc) is 2.66. The van der Waals surface area contributed by atoms with Crippen LogP contribution in [0.1, 0.15) is 65.7 Å². The highest BCUT2D eigenvalue weighted by molar-refractivity contribution is 6.02. The van der Waals surface area contributed by atoms with Crippen LogP contribution in [0.4, 0.5) is 0 Å². The number of hydrogen-bond acceptors (Lipinski definition) is 5. The van der Waals surface area contributed by atoms with Crippen LogP contribution in [0.2, 0.25) is 0 Å². The van der Waals surface area contributed by atoms with Crippen LogP contribution in [0.5, 0.6) is 0 Å². The molecular weight excluding hydrogens is 312 g/mol. The van der Waals surface area contributed by atoms with Crippen LogP contribution in [0.25, 0.3) is 0 Å². The summed E-state index contributed by atoms with van der Waals surface area (Å²) in [5, 5.41) is 7.91. The number of nitrogens with zero attached hydrogens (tertiary/aromatic N) is 2. The van der Waals surface area contributed by atoms with Gasteiger partial charge in [0.05, 0.1) is 17.5 Å². The Morgan fingerprint density at radius 1 is 1.24 bits per heavy atom. The molecule has 2 bridgehead atoms. The summed E-state index contributed by atoms with van der Waals surface area (Å²) in [6.07, 6.45) is 8.70. The Morgan fingerprint density at radius 3 is 2.32 bits per heavy atom. The molecule has 3 fully saturated rings. The summed E-state index contributed by atoms with van der Waals surface area (Å²) in [7, 11) is 1.80. The summed E-state index contributed by atoms with van der Waals surface area (Å²) in [6, 6.07) is 0.0180. The highest BCUT2D eigenvalue weighted by Gasteiger charge is 2.48. The van der Waals surface area contributed by atoms with Crippen molar-refractivity contribution in [1.82, 2.24) is 10.7 Å². The van der Waals surface area contributed by atoms with Crippen molar-refractivity contribution < 1.29 is 4.79 Å². The molecule has 25 heavy (non-hydrogen) atoms. The van der Waals surface area contributed by atoms with Gasteiger partial charge in [-0.2, -0.15) is 5.10 Å². The summed E-state index contributed by atoms with van der Waals surface area (Å²) >= 11 is 0. The van der Waals surface area contributed by atoms with Gasteiger partial charge in [0.15, 0.2) is 0 Å². The third-order valence-electron chi connectivity index (χ3n) is 6.31. The first kappa shape index (κ1) is 19.7. The lowest BCUT2D eigenvalue weighted by Gasteiger charge is -2.51. The molecule has 3 saturated carbocycles. The lowest BCUT2D eigenvalue weighted by molar-refractivity contribution is -0.124. The summed E-state index contributed by atoms with van der Waals surface area (Å²) < 4.78 is 0. The number of hydrogen-bond donors (Lipinski definition) is 2. The van der Waals surface area contributed by atoms with Gasteiger partial charge in [-0.15, -0.1) is 0 Å². The summed E-state index contributed by atoms with van der Waals surface area (Å²) in [5.74, 6) is 0. The van der Waals surface area contributed by atoms with Gasteiger partial charge in [-0.3, -0.25) is 4.99 Å². The van der Waals surface area contributed by atoms with Gasteiger partial charge in [0.2, 0.25) is 0 Å². The topological polar surface area (TPSA) is 65.8 Å². The fraction of sp³-hybridized carbons (Fsp3) is 0.750. The largest absolute Gasteiger partial charge is 0.383 e. The molecule has 0 aliphatic heterocycles. The van der Waals surface area contributed by atoms with Gasteiger partial charge in [0, 0.05) is 24.7 Å². The smallest absolute Gasteiger partial charge is 0.126 e. The predicted molar refractivity (Wildman–Crippen MR) is 105 cm³/mol. The van der Waals surface area contributed by atoms with E-state index in [1.165, 1.54) is 6.29 Å². The minimum Gasteiger partial charge on any atom is -0.383 e. The molecule has 0 radical (unpaired) electrons. The van der Waals surface area contributed by atoms with E-state index in [9.17, 15) is 4.79 Å². The molecule has 1 unspecified atom stereocenters. The second-order valence-electron chi connectivity index (χ2n) is 7.97. The number of rotatable bonds is 9. The Balaban J connectivity index is 1.89. The molecule has 5 heteroatoms. The van der Waals surface area contributed by atoms with E-state index in [1.54, 1.807) is 7.05 Å². The van der Waals surface area contributed by atoms with Crippen molar-refractivity contribution >= 4 is 17.7 Å². The highest BCUT2D eigenvalue weighted by Crippen LogP contribution is 2.55. The molecule has 1 atom stereocenters. The standard InChI is InChI=1S/C20H34N4O/c1-6-15(2)23-24-17(4)18(21-5)16(3)22-13-19-7-10-20(14-25,11-8-19)12-9-19/h14,17,22,24H,3,6-13H2,1-2,4-5H3/b21-18?,23-15-. The van der Waals surface area contributed by atoms with Crippen LogP contribution in [-0.2, 0) is 4.79 Å². The van der Waals surface area contributed by atoms with Crippen molar-refractivity contribution in [2.75, 3.05) is 13.6 Å². The number of carbonyl (C=O) groups excluding carboxylic acids is 1. The van der Waals surface area contributed by atoms with E-state index in [0.717, 1.165) is 68.6 Å². The van der Waals surface area contributed by atoms with E-state index in [0.29, 0.717) is 5.41 Å². The van der Waals surface area contributed by atoms with Gasteiger partial charge in [-0.25, -0.2) is 0 Å². The van der Waals surface area contributed by atoms with E-state index in [1.807, 2.05) is 6.92 Å². The van der Waals surface area contributed by atoms with Crippen LogP contribution in [0.3, 0.4) is 0 Å². The number of carbonyl (C=O) groups is 1. The van der Waals surface area contributed by atoms with Crippen LogP contribution >= 0.6 is 0 Å². The molecule has 0 aromatic rings.